The molecule has 1 heterocycles. The minimum Gasteiger partial charge on any atom is -0.330 e. The molecule has 0 unspecified atom stereocenters. The first kappa shape index (κ1) is 15.0. The maximum Gasteiger partial charge on any atom is 0.255 e. The quantitative estimate of drug-likeness (QED) is 0.912. The number of carbonyl (C=O) groups is 1. The van der Waals surface area contributed by atoms with Crippen LogP contribution in [-0.2, 0) is 23.1 Å². The fourth-order valence-electron chi connectivity index (χ4n) is 2.49. The first-order chi connectivity index (χ1) is 10.4. The second kappa shape index (κ2) is 5.39. The maximum atomic E-state index is 12.6. The van der Waals surface area contributed by atoms with E-state index in [-0.39, 0.29) is 21.4 Å². The Hall–Kier alpha value is -1.89. The Morgan fingerprint density at radius 3 is 2.18 bits per heavy atom. The first-order valence-corrected chi connectivity index (χ1v) is 8.47. The average Bonchev–Trinajstić information content (AvgIpc) is 2.89. The summed E-state index contributed by atoms with van der Waals surface area (Å²) in [6.45, 7) is 1.03. The molecule has 0 bridgehead atoms. The van der Waals surface area contributed by atoms with E-state index in [2.05, 4.69) is 0 Å². The zero-order chi connectivity index (χ0) is 15.9. The number of sulfonamides is 1. The minimum atomic E-state index is -3.84. The molecule has 0 saturated carbocycles. The number of nitrogens with zero attached hydrogens (tertiary/aromatic N) is 1. The second-order valence-corrected chi connectivity index (χ2v) is 7.09. The number of hydrogen-bond acceptors (Lipinski definition) is 3. The molecule has 0 atom stereocenters. The van der Waals surface area contributed by atoms with Gasteiger partial charge in [-0.15, -0.1) is 0 Å². The second-order valence-electron chi connectivity index (χ2n) is 5.12. The van der Waals surface area contributed by atoms with Gasteiger partial charge in [-0.1, -0.05) is 35.9 Å². The van der Waals surface area contributed by atoms with Crippen LogP contribution in [0.5, 0.6) is 0 Å². The average molecular weight is 337 g/mol. The summed E-state index contributed by atoms with van der Waals surface area (Å²) < 4.78 is 22.6. The number of benzene rings is 2. The van der Waals surface area contributed by atoms with Gasteiger partial charge in [0.25, 0.3) is 5.91 Å². The van der Waals surface area contributed by atoms with Crippen LogP contribution >= 0.6 is 11.6 Å². The molecule has 1 aliphatic rings. The molecule has 5 nitrogen and oxygen atoms in total. The first-order valence-electron chi connectivity index (χ1n) is 6.54. The topological polar surface area (TPSA) is 80.5 Å². The molecule has 0 fully saturated rings. The molecule has 0 aliphatic carbocycles. The number of primary sulfonamides is 1. The number of amides is 1. The van der Waals surface area contributed by atoms with Gasteiger partial charge in [-0.2, -0.15) is 0 Å². The van der Waals surface area contributed by atoms with Crippen LogP contribution in [0.1, 0.15) is 21.5 Å². The summed E-state index contributed by atoms with van der Waals surface area (Å²) in [6.07, 6.45) is 0. The Morgan fingerprint density at radius 2 is 1.68 bits per heavy atom. The summed E-state index contributed by atoms with van der Waals surface area (Å²) >= 11 is 6.05. The summed E-state index contributed by atoms with van der Waals surface area (Å²) in [5, 5.41) is 5.13. The van der Waals surface area contributed by atoms with Crippen molar-refractivity contribution in [1.82, 2.24) is 4.90 Å². The van der Waals surface area contributed by atoms with Gasteiger partial charge in [-0.3, -0.25) is 4.79 Å². The fourth-order valence-corrected chi connectivity index (χ4v) is 3.36. The van der Waals surface area contributed by atoms with Gasteiger partial charge in [0.2, 0.25) is 10.0 Å². The largest absolute Gasteiger partial charge is 0.330 e. The number of carbonyl (C=O) groups excluding carboxylic acids is 1. The zero-order valence-corrected chi connectivity index (χ0v) is 13.1. The van der Waals surface area contributed by atoms with E-state index < -0.39 is 10.0 Å². The fraction of sp³-hybridized carbons (Fsp3) is 0.133. The van der Waals surface area contributed by atoms with Gasteiger partial charge in [0.1, 0.15) is 0 Å². The zero-order valence-electron chi connectivity index (χ0n) is 11.5. The van der Waals surface area contributed by atoms with E-state index in [1.54, 1.807) is 4.90 Å². The number of rotatable bonds is 2. The predicted octanol–water partition coefficient (Wildman–Crippen LogP) is 2.14. The van der Waals surface area contributed by atoms with Gasteiger partial charge < -0.3 is 4.90 Å². The van der Waals surface area contributed by atoms with E-state index in [1.807, 2.05) is 24.3 Å². The van der Waals surface area contributed by atoms with Gasteiger partial charge in [-0.25, -0.2) is 13.6 Å². The van der Waals surface area contributed by atoms with Crippen molar-refractivity contribution in [2.75, 3.05) is 0 Å². The van der Waals surface area contributed by atoms with Crippen molar-refractivity contribution in [2.24, 2.45) is 5.14 Å². The van der Waals surface area contributed by atoms with Crippen LogP contribution in [0.3, 0.4) is 0 Å². The molecule has 2 aromatic rings. The van der Waals surface area contributed by atoms with E-state index in [4.69, 9.17) is 16.7 Å². The molecule has 1 amide bonds. The summed E-state index contributed by atoms with van der Waals surface area (Å²) in [6, 6.07) is 11.7. The third-order valence-electron chi connectivity index (χ3n) is 3.63. The van der Waals surface area contributed by atoms with Gasteiger partial charge >= 0.3 is 0 Å². The van der Waals surface area contributed by atoms with Crippen molar-refractivity contribution < 1.29 is 13.2 Å². The van der Waals surface area contributed by atoms with Crippen molar-refractivity contribution in [3.8, 4) is 0 Å². The lowest BCUT2D eigenvalue weighted by molar-refractivity contribution is 0.0751. The maximum absolute atomic E-state index is 12.6. The van der Waals surface area contributed by atoms with E-state index in [1.165, 1.54) is 18.2 Å². The Bertz CT molecular complexity index is 840. The molecule has 0 aromatic heterocycles. The highest BCUT2D eigenvalue weighted by Gasteiger charge is 2.25. The molecule has 7 heteroatoms. The van der Waals surface area contributed by atoms with Crippen molar-refractivity contribution in [2.45, 2.75) is 18.0 Å². The van der Waals surface area contributed by atoms with Crippen LogP contribution in [0.15, 0.2) is 47.4 Å². The molecule has 3 rings (SSSR count). The minimum absolute atomic E-state index is 0.0764. The molecule has 2 aromatic carbocycles. The van der Waals surface area contributed by atoms with Crippen molar-refractivity contribution in [1.29, 1.82) is 0 Å². The Balaban J connectivity index is 1.88. The molecule has 0 saturated heterocycles. The number of halogens is 1. The van der Waals surface area contributed by atoms with Gasteiger partial charge in [-0.05, 0) is 29.3 Å². The van der Waals surface area contributed by atoms with E-state index >= 15 is 0 Å². The predicted molar refractivity (Wildman–Crippen MR) is 82.8 cm³/mol. The van der Waals surface area contributed by atoms with Crippen LogP contribution < -0.4 is 5.14 Å². The standard InChI is InChI=1S/C15H13ClN2O3S/c16-14-7-12(22(17,20)21)5-6-13(14)15(19)18-8-10-3-1-2-4-11(10)9-18/h1-7H,8-9H2,(H2,17,20,21). The normalized spacial score (nSPS) is 14.0. The van der Waals surface area contributed by atoms with Crippen LogP contribution in [0.2, 0.25) is 5.02 Å². The van der Waals surface area contributed by atoms with Crippen LogP contribution in [0.4, 0.5) is 0 Å². The lowest BCUT2D eigenvalue weighted by Gasteiger charge is -2.16. The van der Waals surface area contributed by atoms with E-state index in [9.17, 15) is 13.2 Å². The molecule has 1 aliphatic heterocycles. The SMILES string of the molecule is NS(=O)(=O)c1ccc(C(=O)N2Cc3ccccc3C2)c(Cl)c1. The highest BCUT2D eigenvalue weighted by molar-refractivity contribution is 7.89. The third-order valence-corrected chi connectivity index (χ3v) is 4.85. The number of fused-ring (bicyclic) bond motifs is 1. The summed E-state index contributed by atoms with van der Waals surface area (Å²) in [7, 11) is -3.84. The summed E-state index contributed by atoms with van der Waals surface area (Å²) in [5.74, 6) is -0.234. The molecular formula is C15H13ClN2O3S. The molecule has 0 spiro atoms. The highest BCUT2D eigenvalue weighted by atomic mass is 35.5. The lowest BCUT2D eigenvalue weighted by Crippen LogP contribution is -2.25. The molecule has 0 radical (unpaired) electrons. The molecular weight excluding hydrogens is 324 g/mol. The lowest BCUT2D eigenvalue weighted by atomic mass is 10.1. The smallest absolute Gasteiger partial charge is 0.255 e. The van der Waals surface area contributed by atoms with Gasteiger partial charge in [0, 0.05) is 13.1 Å². The van der Waals surface area contributed by atoms with Crippen LogP contribution in [-0.4, -0.2) is 19.2 Å². The Morgan fingerprint density at radius 1 is 1.09 bits per heavy atom. The monoisotopic (exact) mass is 336 g/mol. The Kier molecular flexibility index (Phi) is 3.68. The van der Waals surface area contributed by atoms with Crippen molar-refractivity contribution >= 4 is 27.5 Å². The van der Waals surface area contributed by atoms with Gasteiger partial charge in [0.05, 0.1) is 15.5 Å². The van der Waals surface area contributed by atoms with Crippen LogP contribution in [0, 0.1) is 0 Å². The number of hydrogen-bond donors (Lipinski definition) is 1. The molecule has 22 heavy (non-hydrogen) atoms. The Labute approximate surface area is 133 Å². The number of nitrogens with two attached hydrogens (primary N) is 1. The summed E-state index contributed by atoms with van der Waals surface area (Å²) in [4.78, 5) is 14.1. The van der Waals surface area contributed by atoms with Crippen molar-refractivity contribution in [3.63, 3.8) is 0 Å². The highest BCUT2D eigenvalue weighted by Crippen LogP contribution is 2.27. The molecule has 114 valence electrons. The third kappa shape index (κ3) is 2.72. The van der Waals surface area contributed by atoms with E-state index in [0.29, 0.717) is 13.1 Å². The summed E-state index contributed by atoms with van der Waals surface area (Å²) in [5.41, 5.74) is 2.48. The van der Waals surface area contributed by atoms with Gasteiger partial charge in [0.15, 0.2) is 0 Å². The van der Waals surface area contributed by atoms with Crippen molar-refractivity contribution in [3.05, 3.63) is 64.2 Å². The van der Waals surface area contributed by atoms with Crippen LogP contribution in [0.25, 0.3) is 0 Å². The molecule has 2 N–H and O–H groups in total. The van der Waals surface area contributed by atoms with E-state index in [0.717, 1.165) is 11.1 Å².